The average Bonchev–Trinajstić information content (AvgIpc) is 2.35. The standard InChI is InChI=1S/C15H17N3O2/c1-8(2)12(15(18)20)13(17)14(19)11-5-9(3)4-10(6-11)7-16/h4-6,8H,17H2,1-3H3,(H2,18,20)/b13-12-. The number of hydrogen-bond acceptors (Lipinski definition) is 4. The maximum Gasteiger partial charge on any atom is 0.247 e. The molecule has 0 unspecified atom stereocenters. The van der Waals surface area contributed by atoms with Crippen LogP contribution in [0.25, 0.3) is 0 Å². The highest BCUT2D eigenvalue weighted by Crippen LogP contribution is 2.17. The maximum atomic E-state index is 12.3. The van der Waals surface area contributed by atoms with Crippen LogP contribution in [0.4, 0.5) is 0 Å². The van der Waals surface area contributed by atoms with Crippen molar-refractivity contribution in [2.75, 3.05) is 0 Å². The van der Waals surface area contributed by atoms with Crippen molar-refractivity contribution < 1.29 is 9.59 Å². The molecule has 0 radical (unpaired) electrons. The van der Waals surface area contributed by atoms with E-state index in [0.29, 0.717) is 5.56 Å². The minimum absolute atomic E-state index is 0.106. The second-order valence-corrected chi connectivity index (χ2v) is 4.87. The number of carbonyl (C=O) groups is 2. The number of rotatable bonds is 4. The van der Waals surface area contributed by atoms with Crippen LogP contribution in [0.3, 0.4) is 0 Å². The van der Waals surface area contributed by atoms with Crippen molar-refractivity contribution in [3.63, 3.8) is 0 Å². The summed E-state index contributed by atoms with van der Waals surface area (Å²) in [5.41, 5.74) is 12.4. The molecule has 20 heavy (non-hydrogen) atoms. The van der Waals surface area contributed by atoms with Crippen LogP contribution in [-0.4, -0.2) is 11.7 Å². The number of primary amides is 1. The van der Waals surface area contributed by atoms with Gasteiger partial charge in [0.05, 0.1) is 17.3 Å². The second-order valence-electron chi connectivity index (χ2n) is 4.87. The number of nitrogens with zero attached hydrogens (tertiary/aromatic N) is 1. The zero-order valence-electron chi connectivity index (χ0n) is 11.7. The Morgan fingerprint density at radius 3 is 2.25 bits per heavy atom. The molecule has 1 rings (SSSR count). The van der Waals surface area contributed by atoms with Crippen LogP contribution in [0.1, 0.15) is 35.3 Å². The fraction of sp³-hybridized carbons (Fsp3) is 0.267. The highest BCUT2D eigenvalue weighted by molar-refractivity contribution is 6.13. The van der Waals surface area contributed by atoms with E-state index in [1.807, 2.05) is 6.07 Å². The van der Waals surface area contributed by atoms with Crippen LogP contribution in [0.5, 0.6) is 0 Å². The molecule has 1 amide bonds. The molecule has 0 bridgehead atoms. The second kappa shape index (κ2) is 6.02. The van der Waals surface area contributed by atoms with E-state index in [2.05, 4.69) is 0 Å². The molecule has 0 aliphatic heterocycles. The molecular formula is C15H17N3O2. The first kappa shape index (κ1) is 15.4. The molecule has 1 aromatic carbocycles. The van der Waals surface area contributed by atoms with Gasteiger partial charge in [-0.25, -0.2) is 0 Å². The third-order valence-electron chi connectivity index (χ3n) is 2.85. The molecule has 104 valence electrons. The molecule has 5 heteroatoms. The molecule has 0 heterocycles. The number of nitrogens with two attached hydrogens (primary N) is 2. The Morgan fingerprint density at radius 1 is 1.20 bits per heavy atom. The number of Topliss-reactive ketones (excluding diaryl/α,β-unsaturated/α-hetero) is 1. The fourth-order valence-corrected chi connectivity index (χ4v) is 1.98. The van der Waals surface area contributed by atoms with Crippen molar-refractivity contribution in [2.24, 2.45) is 17.4 Å². The molecular weight excluding hydrogens is 254 g/mol. The minimum atomic E-state index is -0.709. The summed E-state index contributed by atoms with van der Waals surface area (Å²) in [5, 5.41) is 8.91. The van der Waals surface area contributed by atoms with E-state index < -0.39 is 11.7 Å². The highest BCUT2D eigenvalue weighted by Gasteiger charge is 2.21. The van der Waals surface area contributed by atoms with Gasteiger partial charge in [-0.2, -0.15) is 5.26 Å². The Morgan fingerprint density at radius 2 is 1.80 bits per heavy atom. The van der Waals surface area contributed by atoms with Crippen LogP contribution in [-0.2, 0) is 4.79 Å². The van der Waals surface area contributed by atoms with E-state index in [-0.39, 0.29) is 22.8 Å². The average molecular weight is 271 g/mol. The molecule has 0 aliphatic rings. The predicted octanol–water partition coefficient (Wildman–Crippen LogP) is 1.40. The lowest BCUT2D eigenvalue weighted by atomic mass is 9.95. The van der Waals surface area contributed by atoms with Crippen molar-refractivity contribution in [1.29, 1.82) is 5.26 Å². The lowest BCUT2D eigenvalue weighted by Gasteiger charge is -2.12. The van der Waals surface area contributed by atoms with Gasteiger partial charge in [0.15, 0.2) is 0 Å². The van der Waals surface area contributed by atoms with Crippen molar-refractivity contribution >= 4 is 11.7 Å². The molecule has 5 nitrogen and oxygen atoms in total. The maximum absolute atomic E-state index is 12.3. The molecule has 1 aromatic rings. The zero-order valence-corrected chi connectivity index (χ0v) is 11.7. The van der Waals surface area contributed by atoms with E-state index >= 15 is 0 Å². The summed E-state index contributed by atoms with van der Waals surface area (Å²) >= 11 is 0. The molecule has 0 fully saturated rings. The van der Waals surface area contributed by atoms with Gasteiger partial charge in [-0.05, 0) is 36.6 Å². The Labute approximate surface area is 117 Å². The number of amides is 1. The molecule has 0 atom stereocenters. The largest absolute Gasteiger partial charge is 0.395 e. The van der Waals surface area contributed by atoms with Crippen LogP contribution >= 0.6 is 0 Å². The normalized spacial score (nSPS) is 11.8. The zero-order chi connectivity index (χ0) is 15.4. The van der Waals surface area contributed by atoms with Gasteiger partial charge >= 0.3 is 0 Å². The quantitative estimate of drug-likeness (QED) is 0.637. The van der Waals surface area contributed by atoms with Crippen LogP contribution in [0.15, 0.2) is 29.5 Å². The van der Waals surface area contributed by atoms with Crippen LogP contribution < -0.4 is 11.5 Å². The highest BCUT2D eigenvalue weighted by atomic mass is 16.1. The van der Waals surface area contributed by atoms with E-state index in [0.717, 1.165) is 5.56 Å². The summed E-state index contributed by atoms with van der Waals surface area (Å²) in [4.78, 5) is 23.7. The summed E-state index contributed by atoms with van der Waals surface area (Å²) in [6, 6.07) is 6.70. The van der Waals surface area contributed by atoms with Gasteiger partial charge in [0.25, 0.3) is 0 Å². The van der Waals surface area contributed by atoms with Gasteiger partial charge < -0.3 is 11.5 Å². The third-order valence-corrected chi connectivity index (χ3v) is 2.85. The minimum Gasteiger partial charge on any atom is -0.395 e. The Bertz CT molecular complexity index is 637. The molecule has 0 saturated carbocycles. The molecule has 0 spiro atoms. The van der Waals surface area contributed by atoms with Gasteiger partial charge in [0.1, 0.15) is 0 Å². The van der Waals surface area contributed by atoms with Crippen molar-refractivity contribution in [3.05, 3.63) is 46.2 Å². The number of hydrogen-bond donors (Lipinski definition) is 2. The summed E-state index contributed by atoms with van der Waals surface area (Å²) in [6.45, 7) is 5.24. The smallest absolute Gasteiger partial charge is 0.247 e. The Hall–Kier alpha value is -2.61. The fourth-order valence-electron chi connectivity index (χ4n) is 1.98. The first-order valence-corrected chi connectivity index (χ1v) is 6.13. The van der Waals surface area contributed by atoms with E-state index in [4.69, 9.17) is 16.7 Å². The summed E-state index contributed by atoms with van der Waals surface area (Å²) < 4.78 is 0. The van der Waals surface area contributed by atoms with E-state index in [1.54, 1.807) is 32.9 Å². The topological polar surface area (TPSA) is 110 Å². The van der Waals surface area contributed by atoms with Gasteiger partial charge in [-0.1, -0.05) is 13.8 Å². The van der Waals surface area contributed by atoms with Crippen LogP contribution in [0.2, 0.25) is 0 Å². The van der Waals surface area contributed by atoms with E-state index in [9.17, 15) is 9.59 Å². The van der Waals surface area contributed by atoms with Crippen molar-refractivity contribution in [1.82, 2.24) is 0 Å². The number of ketones is 1. The number of nitriles is 1. The predicted molar refractivity (Wildman–Crippen MR) is 75.5 cm³/mol. The van der Waals surface area contributed by atoms with Gasteiger partial charge in [0.2, 0.25) is 11.7 Å². The lowest BCUT2D eigenvalue weighted by Crippen LogP contribution is -2.26. The van der Waals surface area contributed by atoms with Crippen LogP contribution in [0, 0.1) is 24.2 Å². The lowest BCUT2D eigenvalue weighted by molar-refractivity contribution is -0.115. The van der Waals surface area contributed by atoms with Gasteiger partial charge in [-0.3, -0.25) is 9.59 Å². The Balaban J connectivity index is 3.38. The molecule has 0 saturated heterocycles. The molecule has 0 aromatic heterocycles. The van der Waals surface area contributed by atoms with Crippen molar-refractivity contribution in [2.45, 2.75) is 20.8 Å². The number of allylic oxidation sites excluding steroid dienone is 1. The van der Waals surface area contributed by atoms with Crippen molar-refractivity contribution in [3.8, 4) is 6.07 Å². The first-order chi connectivity index (χ1) is 9.27. The summed E-state index contributed by atoms with van der Waals surface area (Å²) in [7, 11) is 0. The summed E-state index contributed by atoms with van der Waals surface area (Å²) in [6.07, 6.45) is 0. The molecule has 0 aliphatic carbocycles. The SMILES string of the molecule is Cc1cc(C#N)cc(C(=O)/C(N)=C(/C(N)=O)C(C)C)c1. The monoisotopic (exact) mass is 271 g/mol. The third kappa shape index (κ3) is 3.23. The number of benzene rings is 1. The summed E-state index contributed by atoms with van der Waals surface area (Å²) in [5.74, 6) is -1.46. The number of aryl methyl sites for hydroxylation is 1. The number of carbonyl (C=O) groups excluding carboxylic acids is 2. The van der Waals surface area contributed by atoms with Gasteiger partial charge in [0, 0.05) is 11.1 Å². The first-order valence-electron chi connectivity index (χ1n) is 6.13. The van der Waals surface area contributed by atoms with E-state index in [1.165, 1.54) is 6.07 Å². The van der Waals surface area contributed by atoms with Gasteiger partial charge in [-0.15, -0.1) is 0 Å². The molecule has 4 N–H and O–H groups in total. The Kier molecular flexibility index (Phi) is 4.65.